The zero-order valence-corrected chi connectivity index (χ0v) is 11.4. The number of likely N-dealkylation sites (tertiary alicyclic amines) is 1. The number of hydrogen-bond donors (Lipinski definition) is 1. The van der Waals surface area contributed by atoms with Gasteiger partial charge in [-0.3, -0.25) is 9.69 Å². The quantitative estimate of drug-likeness (QED) is 0.831. The molecule has 0 amide bonds. The number of hydrogen-bond acceptors (Lipinski definition) is 3. The minimum Gasteiger partial charge on any atom is -0.480 e. The Bertz CT molecular complexity index is 399. The molecule has 4 heteroatoms. The Morgan fingerprint density at radius 1 is 1.33 bits per heavy atom. The predicted molar refractivity (Wildman–Crippen MR) is 74.0 cm³/mol. The third-order valence-corrected chi connectivity index (χ3v) is 4.14. The lowest BCUT2D eigenvalue weighted by Crippen LogP contribution is -2.31. The first kappa shape index (κ1) is 13.4. The van der Waals surface area contributed by atoms with Crippen LogP contribution in [0.1, 0.15) is 31.4 Å². The molecule has 1 unspecified atom stereocenters. The molecule has 1 aliphatic rings. The Balaban J connectivity index is 2.17. The summed E-state index contributed by atoms with van der Waals surface area (Å²) in [6.07, 6.45) is 2.21. The van der Waals surface area contributed by atoms with Crippen molar-refractivity contribution in [2.24, 2.45) is 0 Å². The molecule has 0 saturated carbocycles. The van der Waals surface area contributed by atoms with Crippen molar-refractivity contribution in [3.05, 3.63) is 29.8 Å². The second-order valence-electron chi connectivity index (χ2n) is 4.49. The van der Waals surface area contributed by atoms with Gasteiger partial charge >= 0.3 is 5.97 Å². The molecule has 0 bridgehead atoms. The molecule has 3 nitrogen and oxygen atoms in total. The molecule has 0 radical (unpaired) electrons. The first-order valence-electron chi connectivity index (χ1n) is 6.42. The molecular weight excluding hydrogens is 246 g/mol. The average molecular weight is 265 g/mol. The van der Waals surface area contributed by atoms with Gasteiger partial charge in [-0.15, -0.1) is 11.8 Å². The topological polar surface area (TPSA) is 40.5 Å². The van der Waals surface area contributed by atoms with E-state index < -0.39 is 12.0 Å². The fraction of sp³-hybridized carbons (Fsp3) is 0.500. The van der Waals surface area contributed by atoms with E-state index in [1.54, 1.807) is 11.8 Å². The number of aliphatic carboxylic acids is 1. The molecule has 1 atom stereocenters. The Hall–Kier alpha value is -1.00. The van der Waals surface area contributed by atoms with E-state index in [0.717, 1.165) is 37.2 Å². The van der Waals surface area contributed by atoms with Gasteiger partial charge in [-0.25, -0.2) is 0 Å². The summed E-state index contributed by atoms with van der Waals surface area (Å²) in [6.45, 7) is 3.90. The molecule has 0 aromatic heterocycles. The molecule has 1 aliphatic heterocycles. The van der Waals surface area contributed by atoms with Crippen LogP contribution in [-0.4, -0.2) is 34.8 Å². The molecule has 1 heterocycles. The third kappa shape index (κ3) is 3.06. The average Bonchev–Trinajstić information content (AvgIpc) is 2.85. The molecule has 0 spiro atoms. The number of rotatable bonds is 5. The molecule has 98 valence electrons. The highest BCUT2D eigenvalue weighted by Crippen LogP contribution is 2.27. The summed E-state index contributed by atoms with van der Waals surface area (Å²) in [5, 5.41) is 9.41. The summed E-state index contributed by atoms with van der Waals surface area (Å²) in [6, 6.07) is 7.48. The van der Waals surface area contributed by atoms with Crippen LogP contribution >= 0.6 is 11.8 Å². The van der Waals surface area contributed by atoms with Gasteiger partial charge in [0.15, 0.2) is 0 Å². The normalized spacial score (nSPS) is 17.8. The summed E-state index contributed by atoms with van der Waals surface area (Å²) in [5.74, 6) is 0.293. The third-order valence-electron chi connectivity index (χ3n) is 3.25. The predicted octanol–water partition coefficient (Wildman–Crippen LogP) is 3.02. The van der Waals surface area contributed by atoms with Crippen LogP contribution in [0.4, 0.5) is 0 Å². The van der Waals surface area contributed by atoms with E-state index in [0.29, 0.717) is 0 Å². The van der Waals surface area contributed by atoms with Crippen molar-refractivity contribution >= 4 is 17.7 Å². The first-order valence-corrected chi connectivity index (χ1v) is 7.40. The molecule has 0 aliphatic carbocycles. The van der Waals surface area contributed by atoms with E-state index in [2.05, 4.69) is 11.8 Å². The summed E-state index contributed by atoms with van der Waals surface area (Å²) < 4.78 is 0. The first-order chi connectivity index (χ1) is 8.72. The summed E-state index contributed by atoms with van der Waals surface area (Å²) in [5.41, 5.74) is 0.893. The van der Waals surface area contributed by atoms with Gasteiger partial charge in [-0.05, 0) is 49.4 Å². The van der Waals surface area contributed by atoms with Crippen molar-refractivity contribution in [3.8, 4) is 0 Å². The van der Waals surface area contributed by atoms with Gasteiger partial charge in [0.2, 0.25) is 0 Å². The molecule has 1 saturated heterocycles. The van der Waals surface area contributed by atoms with Gasteiger partial charge in [0.05, 0.1) is 0 Å². The number of nitrogens with zero attached hydrogens (tertiary/aromatic N) is 1. The van der Waals surface area contributed by atoms with Crippen molar-refractivity contribution in [3.63, 3.8) is 0 Å². The lowest BCUT2D eigenvalue weighted by molar-refractivity contribution is -0.143. The molecule has 18 heavy (non-hydrogen) atoms. The number of benzene rings is 1. The van der Waals surface area contributed by atoms with Crippen LogP contribution < -0.4 is 0 Å². The maximum Gasteiger partial charge on any atom is 0.325 e. The fourth-order valence-electron chi connectivity index (χ4n) is 2.42. The second-order valence-corrected chi connectivity index (χ2v) is 5.82. The Labute approximate surface area is 112 Å². The minimum absolute atomic E-state index is 0.479. The summed E-state index contributed by atoms with van der Waals surface area (Å²) in [7, 11) is 0. The van der Waals surface area contributed by atoms with Gasteiger partial charge in [-0.1, -0.05) is 19.1 Å². The van der Waals surface area contributed by atoms with Crippen LogP contribution in [0.2, 0.25) is 0 Å². The Kier molecular flexibility index (Phi) is 4.66. The molecule has 1 N–H and O–H groups in total. The van der Waals surface area contributed by atoms with E-state index in [9.17, 15) is 9.90 Å². The highest BCUT2D eigenvalue weighted by molar-refractivity contribution is 7.99. The van der Waals surface area contributed by atoms with Crippen LogP contribution in [0.5, 0.6) is 0 Å². The van der Waals surface area contributed by atoms with E-state index in [1.807, 2.05) is 24.3 Å². The molecule has 1 aromatic carbocycles. The van der Waals surface area contributed by atoms with Gasteiger partial charge in [-0.2, -0.15) is 0 Å². The second kappa shape index (κ2) is 6.25. The maximum absolute atomic E-state index is 11.5. The van der Waals surface area contributed by atoms with Gasteiger partial charge < -0.3 is 5.11 Å². The van der Waals surface area contributed by atoms with E-state index in [4.69, 9.17) is 0 Å². The summed E-state index contributed by atoms with van der Waals surface area (Å²) in [4.78, 5) is 14.7. The van der Waals surface area contributed by atoms with Gasteiger partial charge in [0.25, 0.3) is 0 Å². The number of carbonyl (C=O) groups is 1. The number of carboxylic acid groups (broad SMARTS) is 1. The van der Waals surface area contributed by atoms with E-state index in [1.165, 1.54) is 4.90 Å². The fourth-order valence-corrected chi connectivity index (χ4v) is 3.08. The number of carboxylic acids is 1. The Morgan fingerprint density at radius 3 is 2.44 bits per heavy atom. The smallest absolute Gasteiger partial charge is 0.325 e. The lowest BCUT2D eigenvalue weighted by atomic mass is 10.1. The standard InChI is InChI=1S/C14H19NO2S/c1-2-18-12-7-5-11(6-8-12)13(14(16)17)15-9-3-4-10-15/h5-8,13H,2-4,9-10H2,1H3,(H,16,17). The lowest BCUT2D eigenvalue weighted by Gasteiger charge is -2.24. The van der Waals surface area contributed by atoms with E-state index in [-0.39, 0.29) is 0 Å². The molecule has 1 aromatic rings. The molecule has 2 rings (SSSR count). The van der Waals surface area contributed by atoms with Crippen molar-refractivity contribution < 1.29 is 9.90 Å². The van der Waals surface area contributed by atoms with Crippen LogP contribution in [0.3, 0.4) is 0 Å². The van der Waals surface area contributed by atoms with Crippen molar-refractivity contribution in [1.29, 1.82) is 0 Å². The highest BCUT2D eigenvalue weighted by atomic mass is 32.2. The van der Waals surface area contributed by atoms with Crippen LogP contribution in [0, 0.1) is 0 Å². The van der Waals surface area contributed by atoms with E-state index >= 15 is 0 Å². The Morgan fingerprint density at radius 2 is 1.94 bits per heavy atom. The minimum atomic E-state index is -0.743. The van der Waals surface area contributed by atoms with Crippen molar-refractivity contribution in [2.75, 3.05) is 18.8 Å². The van der Waals surface area contributed by atoms with Gasteiger partial charge in [0.1, 0.15) is 6.04 Å². The molecule has 1 fully saturated rings. The summed E-state index contributed by atoms with van der Waals surface area (Å²) >= 11 is 1.78. The largest absolute Gasteiger partial charge is 0.480 e. The molecular formula is C14H19NO2S. The van der Waals surface area contributed by atoms with Crippen LogP contribution in [-0.2, 0) is 4.79 Å². The van der Waals surface area contributed by atoms with Crippen molar-refractivity contribution in [2.45, 2.75) is 30.7 Å². The van der Waals surface area contributed by atoms with Gasteiger partial charge in [0, 0.05) is 4.90 Å². The van der Waals surface area contributed by atoms with Crippen LogP contribution in [0.25, 0.3) is 0 Å². The van der Waals surface area contributed by atoms with Crippen LogP contribution in [0.15, 0.2) is 29.2 Å². The maximum atomic E-state index is 11.5. The SMILES string of the molecule is CCSc1ccc(C(C(=O)O)N2CCCC2)cc1. The van der Waals surface area contributed by atoms with Crippen molar-refractivity contribution in [1.82, 2.24) is 4.90 Å². The zero-order chi connectivity index (χ0) is 13.0. The zero-order valence-electron chi connectivity index (χ0n) is 10.6. The highest BCUT2D eigenvalue weighted by Gasteiger charge is 2.29. The number of thioether (sulfide) groups is 1. The monoisotopic (exact) mass is 265 g/mol.